The van der Waals surface area contributed by atoms with Crippen LogP contribution in [0.5, 0.6) is 0 Å². The Hall–Kier alpha value is -1.34. The molecule has 3 atom stereocenters. The van der Waals surface area contributed by atoms with Crippen molar-refractivity contribution in [3.63, 3.8) is 0 Å². The van der Waals surface area contributed by atoms with E-state index < -0.39 is 9.84 Å². The standard InChI is InChI=1S/C18H24N2O3S2/c1-4-13(3)17(21)19-18-20(9-14-7-5-12(2)6-8-14)15-10-25(22,23)11-16(15)24-18/h5-8,13,15-16H,4,9-11H2,1-3H3. The molecule has 2 fully saturated rings. The highest BCUT2D eigenvalue weighted by atomic mass is 32.2. The largest absolute Gasteiger partial charge is 0.342 e. The molecule has 3 rings (SSSR count). The lowest BCUT2D eigenvalue weighted by atomic mass is 10.1. The molecule has 2 aliphatic heterocycles. The van der Waals surface area contributed by atoms with Gasteiger partial charge in [-0.2, -0.15) is 4.99 Å². The summed E-state index contributed by atoms with van der Waals surface area (Å²) in [5, 5.41) is 0.648. The summed E-state index contributed by atoms with van der Waals surface area (Å²) >= 11 is 1.45. The van der Waals surface area contributed by atoms with Gasteiger partial charge in [-0.25, -0.2) is 8.42 Å². The van der Waals surface area contributed by atoms with E-state index in [0.717, 1.165) is 12.0 Å². The number of amidine groups is 1. The van der Waals surface area contributed by atoms with Gasteiger partial charge in [0.2, 0.25) is 0 Å². The van der Waals surface area contributed by atoms with E-state index in [9.17, 15) is 13.2 Å². The summed E-state index contributed by atoms with van der Waals surface area (Å²) in [4.78, 5) is 18.6. The fraction of sp³-hybridized carbons (Fsp3) is 0.556. The topological polar surface area (TPSA) is 66.8 Å². The number of thioether (sulfide) groups is 1. The Labute approximate surface area is 153 Å². The summed E-state index contributed by atoms with van der Waals surface area (Å²) in [6.45, 7) is 6.46. The van der Waals surface area contributed by atoms with Crippen LogP contribution in [0.4, 0.5) is 0 Å². The molecule has 0 bridgehead atoms. The average Bonchev–Trinajstić information content (AvgIpc) is 3.01. The van der Waals surface area contributed by atoms with Gasteiger partial charge in [0.25, 0.3) is 5.91 Å². The van der Waals surface area contributed by atoms with Gasteiger partial charge in [0.1, 0.15) is 0 Å². The van der Waals surface area contributed by atoms with Crippen LogP contribution < -0.4 is 0 Å². The first-order valence-electron chi connectivity index (χ1n) is 8.61. The molecule has 0 radical (unpaired) electrons. The molecule has 2 aliphatic rings. The number of carbonyl (C=O) groups excluding carboxylic acids is 1. The van der Waals surface area contributed by atoms with Crippen molar-refractivity contribution in [3.8, 4) is 0 Å². The van der Waals surface area contributed by atoms with Crippen LogP contribution in [0, 0.1) is 12.8 Å². The Kier molecular flexibility index (Phi) is 5.25. The van der Waals surface area contributed by atoms with Crippen LogP contribution >= 0.6 is 11.8 Å². The van der Waals surface area contributed by atoms with E-state index in [1.165, 1.54) is 17.3 Å². The summed E-state index contributed by atoms with van der Waals surface area (Å²) in [5.41, 5.74) is 2.28. The Bertz CT molecular complexity index is 787. The molecule has 1 aromatic rings. The van der Waals surface area contributed by atoms with Gasteiger partial charge in [0.15, 0.2) is 15.0 Å². The molecule has 136 valence electrons. The third kappa shape index (κ3) is 4.08. The van der Waals surface area contributed by atoms with Crippen LogP contribution in [-0.2, 0) is 21.2 Å². The minimum atomic E-state index is -3.01. The van der Waals surface area contributed by atoms with Crippen LogP contribution in [0.1, 0.15) is 31.4 Å². The fourth-order valence-electron chi connectivity index (χ4n) is 3.09. The van der Waals surface area contributed by atoms with E-state index in [1.807, 2.05) is 49.9 Å². The van der Waals surface area contributed by atoms with Crippen molar-refractivity contribution in [2.24, 2.45) is 10.9 Å². The van der Waals surface area contributed by atoms with Crippen molar-refractivity contribution in [1.82, 2.24) is 4.90 Å². The molecule has 1 amide bonds. The van der Waals surface area contributed by atoms with E-state index in [-0.39, 0.29) is 34.6 Å². The number of hydrogen-bond donors (Lipinski definition) is 0. The summed E-state index contributed by atoms with van der Waals surface area (Å²) < 4.78 is 24.0. The fourth-order valence-corrected chi connectivity index (χ4v) is 7.05. The first kappa shape index (κ1) is 18.5. The van der Waals surface area contributed by atoms with Gasteiger partial charge in [-0.3, -0.25) is 4.79 Å². The Morgan fingerprint density at radius 1 is 1.32 bits per heavy atom. The monoisotopic (exact) mass is 380 g/mol. The zero-order valence-corrected chi connectivity index (χ0v) is 16.4. The summed E-state index contributed by atoms with van der Waals surface area (Å²) in [7, 11) is -3.01. The molecule has 25 heavy (non-hydrogen) atoms. The number of amides is 1. The van der Waals surface area contributed by atoms with E-state index in [4.69, 9.17) is 0 Å². The quantitative estimate of drug-likeness (QED) is 0.803. The van der Waals surface area contributed by atoms with Gasteiger partial charge in [-0.15, -0.1) is 0 Å². The van der Waals surface area contributed by atoms with E-state index in [0.29, 0.717) is 11.7 Å². The molecule has 7 heteroatoms. The predicted octanol–water partition coefficient (Wildman–Crippen LogP) is 2.64. The van der Waals surface area contributed by atoms with Gasteiger partial charge in [0, 0.05) is 17.7 Å². The van der Waals surface area contributed by atoms with Crippen LogP contribution in [-0.4, -0.2) is 47.2 Å². The Morgan fingerprint density at radius 3 is 2.64 bits per heavy atom. The molecule has 2 saturated heterocycles. The highest BCUT2D eigenvalue weighted by Gasteiger charge is 2.48. The molecule has 0 aromatic heterocycles. The van der Waals surface area contributed by atoms with Crippen LogP contribution in [0.15, 0.2) is 29.3 Å². The minimum absolute atomic E-state index is 0.0288. The third-order valence-corrected chi connectivity index (χ3v) is 8.14. The zero-order chi connectivity index (χ0) is 18.2. The smallest absolute Gasteiger partial charge is 0.250 e. The van der Waals surface area contributed by atoms with Crippen molar-refractivity contribution < 1.29 is 13.2 Å². The average molecular weight is 381 g/mol. The highest BCUT2D eigenvalue weighted by molar-refractivity contribution is 8.15. The van der Waals surface area contributed by atoms with Gasteiger partial charge in [-0.1, -0.05) is 55.4 Å². The number of rotatable bonds is 4. The number of fused-ring (bicyclic) bond motifs is 1. The lowest BCUT2D eigenvalue weighted by Crippen LogP contribution is -2.37. The number of sulfone groups is 1. The van der Waals surface area contributed by atoms with Crippen molar-refractivity contribution in [3.05, 3.63) is 35.4 Å². The summed E-state index contributed by atoms with van der Waals surface area (Å²) in [5.74, 6) is 0.0799. The molecular formula is C18H24N2O3S2. The van der Waals surface area contributed by atoms with Crippen LogP contribution in [0.25, 0.3) is 0 Å². The molecule has 3 unspecified atom stereocenters. The third-order valence-electron chi connectivity index (χ3n) is 4.89. The normalized spacial score (nSPS) is 27.5. The number of aryl methyl sites for hydroxylation is 1. The van der Waals surface area contributed by atoms with E-state index in [1.54, 1.807) is 0 Å². The van der Waals surface area contributed by atoms with Gasteiger partial charge in [0.05, 0.1) is 17.5 Å². The minimum Gasteiger partial charge on any atom is -0.342 e. The first-order chi connectivity index (χ1) is 11.8. The number of nitrogens with zero attached hydrogens (tertiary/aromatic N) is 2. The Balaban J connectivity index is 1.88. The lowest BCUT2D eigenvalue weighted by molar-refractivity contribution is -0.121. The maximum atomic E-state index is 12.3. The van der Waals surface area contributed by atoms with Crippen molar-refractivity contribution >= 4 is 32.7 Å². The van der Waals surface area contributed by atoms with Crippen molar-refractivity contribution in [2.45, 2.75) is 45.0 Å². The van der Waals surface area contributed by atoms with Gasteiger partial charge < -0.3 is 4.90 Å². The zero-order valence-electron chi connectivity index (χ0n) is 14.8. The SMILES string of the molecule is CCC(C)C(=O)N=C1SC2CS(=O)(=O)CC2N1Cc1ccc(C)cc1. The number of carbonyl (C=O) groups is 1. The second kappa shape index (κ2) is 7.11. The first-order valence-corrected chi connectivity index (χ1v) is 11.3. The summed E-state index contributed by atoms with van der Waals surface area (Å²) in [6, 6.07) is 8.08. The van der Waals surface area contributed by atoms with E-state index >= 15 is 0 Å². The lowest BCUT2D eigenvalue weighted by Gasteiger charge is -2.24. The van der Waals surface area contributed by atoms with Crippen molar-refractivity contribution in [2.75, 3.05) is 11.5 Å². The molecule has 0 spiro atoms. The van der Waals surface area contributed by atoms with Gasteiger partial charge >= 0.3 is 0 Å². The molecule has 0 aliphatic carbocycles. The molecule has 0 N–H and O–H groups in total. The number of hydrogen-bond acceptors (Lipinski definition) is 4. The second-order valence-electron chi connectivity index (χ2n) is 6.96. The second-order valence-corrected chi connectivity index (χ2v) is 10.3. The molecular weight excluding hydrogens is 356 g/mol. The van der Waals surface area contributed by atoms with E-state index in [2.05, 4.69) is 4.99 Å². The van der Waals surface area contributed by atoms with Gasteiger partial charge in [-0.05, 0) is 18.9 Å². The maximum Gasteiger partial charge on any atom is 0.250 e. The summed E-state index contributed by atoms with van der Waals surface area (Å²) in [6.07, 6.45) is 0.749. The van der Waals surface area contributed by atoms with Crippen LogP contribution in [0.2, 0.25) is 0 Å². The molecule has 5 nitrogen and oxygen atoms in total. The Morgan fingerprint density at radius 2 is 2.00 bits per heavy atom. The molecule has 0 saturated carbocycles. The predicted molar refractivity (Wildman–Crippen MR) is 102 cm³/mol. The molecule has 1 aromatic carbocycles. The molecule has 2 heterocycles. The van der Waals surface area contributed by atoms with Crippen LogP contribution in [0.3, 0.4) is 0 Å². The number of benzene rings is 1. The maximum absolute atomic E-state index is 12.3. The number of aliphatic imine (C=N–C) groups is 1. The highest BCUT2D eigenvalue weighted by Crippen LogP contribution is 2.39. The van der Waals surface area contributed by atoms with Crippen molar-refractivity contribution in [1.29, 1.82) is 0 Å².